The molecule has 0 atom stereocenters. The maximum Gasteiger partial charge on any atom is 0.350 e. The van der Waals surface area contributed by atoms with Crippen LogP contribution in [0, 0.1) is 0 Å². The second-order valence-electron chi connectivity index (χ2n) is 4.83. The van der Waals surface area contributed by atoms with Gasteiger partial charge in [-0.1, -0.05) is 58.0 Å². The van der Waals surface area contributed by atoms with Crippen LogP contribution in [-0.4, -0.2) is 17.7 Å². The van der Waals surface area contributed by atoms with E-state index in [2.05, 4.69) is 5.32 Å². The summed E-state index contributed by atoms with van der Waals surface area (Å²) in [6, 6.07) is 0. The summed E-state index contributed by atoms with van der Waals surface area (Å²) in [5, 5.41) is 2.47. The number of ether oxygens (including phenoxy) is 2. The Morgan fingerprint density at radius 3 is 1.65 bits per heavy atom. The van der Waals surface area contributed by atoms with Crippen LogP contribution in [0.15, 0.2) is 11.8 Å². The molecular formula is C13H8Cl5NO4. The molecule has 2 rings (SSSR count). The topological polar surface area (TPSA) is 64.6 Å². The number of nitrogens with one attached hydrogen (secondary N) is 1. The number of benzene rings is 1. The van der Waals surface area contributed by atoms with Crippen molar-refractivity contribution in [2.45, 2.75) is 19.6 Å². The predicted molar refractivity (Wildman–Crippen MR) is 89.5 cm³/mol. The van der Waals surface area contributed by atoms with E-state index < -0.39 is 17.7 Å². The first-order valence-corrected chi connectivity index (χ1v) is 7.89. The maximum absolute atomic E-state index is 11.8. The van der Waals surface area contributed by atoms with Crippen molar-refractivity contribution < 1.29 is 19.1 Å². The van der Waals surface area contributed by atoms with Crippen molar-refractivity contribution in [1.29, 1.82) is 0 Å². The van der Waals surface area contributed by atoms with Crippen LogP contribution in [0.4, 0.5) is 5.69 Å². The van der Waals surface area contributed by atoms with Crippen LogP contribution in [0.25, 0.3) is 0 Å². The Balaban J connectivity index is 2.38. The zero-order valence-corrected chi connectivity index (χ0v) is 15.4. The molecule has 10 heteroatoms. The van der Waals surface area contributed by atoms with Crippen LogP contribution in [0.5, 0.6) is 0 Å². The molecule has 1 aliphatic rings. The zero-order valence-electron chi connectivity index (χ0n) is 11.6. The fourth-order valence-corrected chi connectivity index (χ4v) is 2.90. The third-order valence-electron chi connectivity index (χ3n) is 2.69. The van der Waals surface area contributed by atoms with Gasteiger partial charge in [0.25, 0.3) is 5.79 Å². The molecule has 1 N–H and O–H groups in total. The van der Waals surface area contributed by atoms with E-state index in [1.165, 1.54) is 13.8 Å². The Labute approximate surface area is 156 Å². The molecule has 0 unspecified atom stereocenters. The Morgan fingerprint density at radius 2 is 1.22 bits per heavy atom. The van der Waals surface area contributed by atoms with Gasteiger partial charge in [0.1, 0.15) is 0 Å². The van der Waals surface area contributed by atoms with E-state index >= 15 is 0 Å². The molecule has 1 fully saturated rings. The van der Waals surface area contributed by atoms with E-state index in [0.717, 1.165) is 6.20 Å². The molecule has 0 aromatic heterocycles. The molecular weight excluding hydrogens is 411 g/mol. The molecule has 0 aliphatic carbocycles. The molecule has 0 saturated carbocycles. The summed E-state index contributed by atoms with van der Waals surface area (Å²) in [4.78, 5) is 23.7. The molecule has 1 aliphatic heterocycles. The van der Waals surface area contributed by atoms with Gasteiger partial charge >= 0.3 is 11.9 Å². The zero-order chi connectivity index (χ0) is 17.5. The van der Waals surface area contributed by atoms with Crippen LogP contribution >= 0.6 is 58.0 Å². The van der Waals surface area contributed by atoms with Gasteiger partial charge in [0.15, 0.2) is 5.57 Å². The van der Waals surface area contributed by atoms with Gasteiger partial charge in [-0.2, -0.15) is 0 Å². The Bertz CT molecular complexity index is 693. The molecule has 124 valence electrons. The van der Waals surface area contributed by atoms with Crippen LogP contribution in [0.3, 0.4) is 0 Å². The molecule has 1 aromatic rings. The highest BCUT2D eigenvalue weighted by Gasteiger charge is 2.39. The average molecular weight is 419 g/mol. The van der Waals surface area contributed by atoms with Crippen LogP contribution < -0.4 is 5.32 Å². The van der Waals surface area contributed by atoms with E-state index in [9.17, 15) is 9.59 Å². The van der Waals surface area contributed by atoms with E-state index in [4.69, 9.17) is 67.5 Å². The molecule has 23 heavy (non-hydrogen) atoms. The Morgan fingerprint density at radius 1 is 0.826 bits per heavy atom. The number of halogens is 5. The van der Waals surface area contributed by atoms with Gasteiger partial charge in [-0.15, -0.1) is 0 Å². The van der Waals surface area contributed by atoms with Crippen LogP contribution in [-0.2, 0) is 19.1 Å². The smallest absolute Gasteiger partial charge is 0.350 e. The monoisotopic (exact) mass is 417 g/mol. The molecule has 0 spiro atoms. The number of carbonyl (C=O) groups excluding carboxylic acids is 2. The molecule has 1 aromatic carbocycles. The quantitative estimate of drug-likeness (QED) is 0.238. The van der Waals surface area contributed by atoms with Crippen molar-refractivity contribution in [3.8, 4) is 0 Å². The van der Waals surface area contributed by atoms with Gasteiger partial charge in [0.05, 0.1) is 30.8 Å². The maximum atomic E-state index is 11.8. The minimum atomic E-state index is -1.34. The molecule has 0 bridgehead atoms. The summed E-state index contributed by atoms with van der Waals surface area (Å²) in [6.07, 6.45) is 1.04. The lowest BCUT2D eigenvalue weighted by atomic mass is 10.2. The van der Waals surface area contributed by atoms with E-state index in [1.807, 2.05) is 0 Å². The van der Waals surface area contributed by atoms with Crippen LogP contribution in [0.1, 0.15) is 13.8 Å². The summed E-state index contributed by atoms with van der Waals surface area (Å²) < 4.78 is 9.89. The first-order chi connectivity index (χ1) is 10.5. The number of rotatable bonds is 2. The number of carbonyl (C=O) groups is 2. The molecule has 0 radical (unpaired) electrons. The second-order valence-corrected chi connectivity index (χ2v) is 6.72. The Kier molecular flexibility index (Phi) is 5.28. The minimum absolute atomic E-state index is 0.0141. The highest BCUT2D eigenvalue weighted by molar-refractivity contribution is 6.56. The SMILES string of the molecule is CC1(C)OC(=O)C(=CNc2c(Cl)c(Cl)c(Cl)c(Cl)c2Cl)C(=O)O1. The number of hydrogen-bond acceptors (Lipinski definition) is 5. The molecule has 1 heterocycles. The third kappa shape index (κ3) is 3.64. The Hall–Kier alpha value is -0.850. The highest BCUT2D eigenvalue weighted by Crippen LogP contribution is 2.46. The minimum Gasteiger partial charge on any atom is -0.419 e. The van der Waals surface area contributed by atoms with E-state index in [1.54, 1.807) is 0 Å². The van der Waals surface area contributed by atoms with Crippen molar-refractivity contribution in [2.75, 3.05) is 5.32 Å². The molecule has 0 amide bonds. The first-order valence-electron chi connectivity index (χ1n) is 6.00. The van der Waals surface area contributed by atoms with Gasteiger partial charge in [0.2, 0.25) is 0 Å². The number of anilines is 1. The second kappa shape index (κ2) is 6.57. The standard InChI is InChI=1S/C13H8Cl5NO4/c1-13(2)22-11(20)4(12(21)23-13)3-19-10-8(17)6(15)5(14)7(16)9(10)18/h3,19H,1-2H3. The van der Waals surface area contributed by atoms with Gasteiger partial charge < -0.3 is 14.8 Å². The normalized spacial score (nSPS) is 16.7. The van der Waals surface area contributed by atoms with Crippen molar-refractivity contribution in [3.63, 3.8) is 0 Å². The fourth-order valence-electron chi connectivity index (χ4n) is 1.65. The van der Waals surface area contributed by atoms with Crippen molar-refractivity contribution in [3.05, 3.63) is 36.9 Å². The lowest BCUT2D eigenvalue weighted by Gasteiger charge is -2.29. The summed E-state index contributed by atoms with van der Waals surface area (Å²) >= 11 is 29.8. The lowest BCUT2D eigenvalue weighted by molar-refractivity contribution is -0.222. The lowest BCUT2D eigenvalue weighted by Crippen LogP contribution is -2.42. The fraction of sp³-hybridized carbons (Fsp3) is 0.231. The number of esters is 2. The number of cyclic esters (lactones) is 2. The summed E-state index contributed by atoms with van der Waals surface area (Å²) in [7, 11) is 0. The summed E-state index contributed by atoms with van der Waals surface area (Å²) in [6.45, 7) is 2.86. The van der Waals surface area contributed by atoms with Gasteiger partial charge in [0, 0.05) is 20.0 Å². The predicted octanol–water partition coefficient (Wildman–Crippen LogP) is 5.09. The van der Waals surface area contributed by atoms with Crippen molar-refractivity contribution >= 4 is 75.6 Å². The summed E-state index contributed by atoms with van der Waals surface area (Å²) in [5.74, 6) is -3.07. The summed E-state index contributed by atoms with van der Waals surface area (Å²) in [5.41, 5.74) is -0.302. The third-order valence-corrected chi connectivity index (χ3v) is 4.96. The van der Waals surface area contributed by atoms with Crippen molar-refractivity contribution in [1.82, 2.24) is 0 Å². The van der Waals surface area contributed by atoms with Gasteiger partial charge in [-0.3, -0.25) is 0 Å². The van der Waals surface area contributed by atoms with Gasteiger partial charge in [-0.05, 0) is 0 Å². The molecule has 5 nitrogen and oxygen atoms in total. The average Bonchev–Trinajstić information content (AvgIpc) is 2.44. The van der Waals surface area contributed by atoms with E-state index in [-0.39, 0.29) is 36.4 Å². The largest absolute Gasteiger partial charge is 0.419 e. The number of hydrogen-bond donors (Lipinski definition) is 1. The highest BCUT2D eigenvalue weighted by atomic mass is 35.5. The van der Waals surface area contributed by atoms with Crippen molar-refractivity contribution in [2.24, 2.45) is 0 Å². The first kappa shape index (κ1) is 18.5. The van der Waals surface area contributed by atoms with E-state index in [0.29, 0.717) is 0 Å². The van der Waals surface area contributed by atoms with Gasteiger partial charge in [-0.25, -0.2) is 9.59 Å². The molecule has 1 saturated heterocycles. The van der Waals surface area contributed by atoms with Crippen LogP contribution in [0.2, 0.25) is 25.1 Å².